The molecule has 3 aromatic heterocycles. The molecule has 34 heavy (non-hydrogen) atoms. The Bertz CT molecular complexity index is 1360. The van der Waals surface area contributed by atoms with Crippen LogP contribution < -0.4 is 15.4 Å². The molecule has 4 aromatic rings. The predicted octanol–water partition coefficient (Wildman–Crippen LogP) is 4.09. The van der Waals surface area contributed by atoms with Crippen molar-refractivity contribution in [2.24, 2.45) is 0 Å². The first-order valence-corrected chi connectivity index (χ1v) is 12.0. The molecule has 0 spiro atoms. The Kier molecular flexibility index (Phi) is 5.04. The second-order valence-electron chi connectivity index (χ2n) is 9.57. The zero-order valence-corrected chi connectivity index (χ0v) is 19.5. The van der Waals surface area contributed by atoms with Gasteiger partial charge in [0.1, 0.15) is 0 Å². The molecule has 2 fully saturated rings. The molecule has 1 saturated heterocycles. The number of piperidine rings is 1. The van der Waals surface area contributed by atoms with Crippen LogP contribution in [-0.2, 0) is 0 Å². The largest absolute Gasteiger partial charge is 0.494 e. The van der Waals surface area contributed by atoms with E-state index in [2.05, 4.69) is 32.8 Å². The van der Waals surface area contributed by atoms with Gasteiger partial charge in [-0.05, 0) is 38.7 Å². The average molecular weight is 465 g/mol. The lowest BCUT2D eigenvalue weighted by Crippen LogP contribution is -2.41. The first kappa shape index (κ1) is 21.1. The third-order valence-electron chi connectivity index (χ3n) is 7.45. The number of halogens is 1. The maximum absolute atomic E-state index is 14.4. The number of anilines is 2. The molecule has 1 saturated carbocycles. The van der Waals surface area contributed by atoms with Gasteiger partial charge in [0.15, 0.2) is 23.0 Å². The number of fused-ring (bicyclic) bond motifs is 3. The van der Waals surface area contributed by atoms with E-state index in [4.69, 9.17) is 20.6 Å². The normalized spacial score (nSPS) is 21.7. The molecule has 9 nitrogen and oxygen atoms in total. The molecule has 6 rings (SSSR count). The maximum atomic E-state index is 14.4. The van der Waals surface area contributed by atoms with Gasteiger partial charge in [-0.15, -0.1) is 5.10 Å². The van der Waals surface area contributed by atoms with E-state index in [9.17, 15) is 4.39 Å². The molecule has 2 aliphatic rings. The van der Waals surface area contributed by atoms with E-state index in [-0.39, 0.29) is 17.6 Å². The number of hydrogen-bond acceptors (Lipinski definition) is 7. The highest BCUT2D eigenvalue weighted by Gasteiger charge is 2.31. The molecule has 2 unspecified atom stereocenters. The highest BCUT2D eigenvalue weighted by Crippen LogP contribution is 2.35. The third-order valence-corrected chi connectivity index (χ3v) is 7.45. The van der Waals surface area contributed by atoms with E-state index in [1.807, 2.05) is 6.20 Å². The number of nitrogens with zero attached hydrogens (tertiary/aromatic N) is 7. The minimum Gasteiger partial charge on any atom is -0.494 e. The minimum absolute atomic E-state index is 0.124. The highest BCUT2D eigenvalue weighted by atomic mass is 19.1. The van der Waals surface area contributed by atoms with E-state index < -0.39 is 5.82 Å². The summed E-state index contributed by atoms with van der Waals surface area (Å²) in [5.74, 6) is 0.707. The molecule has 10 heteroatoms. The molecule has 0 amide bonds. The molecule has 2 N–H and O–H groups in total. The van der Waals surface area contributed by atoms with Crippen molar-refractivity contribution < 1.29 is 9.13 Å². The van der Waals surface area contributed by atoms with E-state index in [0.717, 1.165) is 25.1 Å². The molecule has 1 aliphatic heterocycles. The van der Waals surface area contributed by atoms with Crippen LogP contribution in [0.5, 0.6) is 5.75 Å². The van der Waals surface area contributed by atoms with Crippen LogP contribution in [0.3, 0.4) is 0 Å². The SMILES string of the molecule is COc1cc2nc(N)n3nc(C4CCC(C)N(c5cnn(C6CCCC6)c5)C4)nc3c2cc1F. The van der Waals surface area contributed by atoms with Crippen molar-refractivity contribution >= 4 is 28.2 Å². The van der Waals surface area contributed by atoms with Gasteiger partial charge in [0.05, 0.1) is 30.6 Å². The van der Waals surface area contributed by atoms with Gasteiger partial charge >= 0.3 is 0 Å². The summed E-state index contributed by atoms with van der Waals surface area (Å²) >= 11 is 0. The van der Waals surface area contributed by atoms with E-state index >= 15 is 0 Å². The number of hydrogen-bond donors (Lipinski definition) is 1. The van der Waals surface area contributed by atoms with Gasteiger partial charge in [0.2, 0.25) is 5.95 Å². The summed E-state index contributed by atoms with van der Waals surface area (Å²) < 4.78 is 23.2. The van der Waals surface area contributed by atoms with Crippen molar-refractivity contribution in [3.8, 4) is 5.75 Å². The zero-order valence-electron chi connectivity index (χ0n) is 19.5. The van der Waals surface area contributed by atoms with Crippen LogP contribution in [0.25, 0.3) is 16.6 Å². The van der Waals surface area contributed by atoms with Crippen LogP contribution >= 0.6 is 0 Å². The number of rotatable bonds is 4. The molecular weight excluding hydrogens is 435 g/mol. The van der Waals surface area contributed by atoms with Crippen molar-refractivity contribution in [3.63, 3.8) is 0 Å². The minimum atomic E-state index is -0.468. The molecule has 4 heterocycles. The molecule has 0 radical (unpaired) electrons. The number of aromatic nitrogens is 6. The maximum Gasteiger partial charge on any atom is 0.223 e. The summed E-state index contributed by atoms with van der Waals surface area (Å²) in [6.07, 6.45) is 11.2. The molecule has 1 aromatic carbocycles. The van der Waals surface area contributed by atoms with Gasteiger partial charge in [-0.2, -0.15) is 9.61 Å². The summed E-state index contributed by atoms with van der Waals surface area (Å²) in [5.41, 5.74) is 8.38. The second kappa shape index (κ2) is 8.11. The van der Waals surface area contributed by atoms with Crippen molar-refractivity contribution in [3.05, 3.63) is 36.2 Å². The van der Waals surface area contributed by atoms with Gasteiger partial charge in [0, 0.05) is 36.2 Å². The monoisotopic (exact) mass is 464 g/mol. The average Bonchev–Trinajstić information content (AvgIpc) is 3.59. The van der Waals surface area contributed by atoms with Crippen molar-refractivity contribution in [1.29, 1.82) is 0 Å². The van der Waals surface area contributed by atoms with Gasteiger partial charge in [-0.1, -0.05) is 12.8 Å². The number of nitrogen functional groups attached to an aromatic ring is 1. The predicted molar refractivity (Wildman–Crippen MR) is 128 cm³/mol. The number of nitrogens with two attached hydrogens (primary N) is 1. The Labute approximate surface area is 196 Å². The molecule has 178 valence electrons. The number of ether oxygens (including phenoxy) is 1. The van der Waals surface area contributed by atoms with E-state index in [1.54, 1.807) is 6.07 Å². The fourth-order valence-corrected chi connectivity index (χ4v) is 5.50. The standard InChI is InChI=1S/C24H29FN8O/c1-14-7-8-15(12-31(14)17-11-27-32(13-17)16-5-3-4-6-16)22-29-23-18-9-19(25)21(34-2)10-20(18)28-24(26)33(23)30-22/h9-11,13-16H,3-8,12H2,1-2H3,(H2,26,28). The van der Waals surface area contributed by atoms with Crippen LogP contribution in [-0.4, -0.2) is 49.1 Å². The number of benzene rings is 1. The zero-order chi connectivity index (χ0) is 23.4. The van der Waals surface area contributed by atoms with Crippen LogP contribution in [0.1, 0.15) is 63.2 Å². The van der Waals surface area contributed by atoms with Gasteiger partial charge in [-0.3, -0.25) is 4.68 Å². The Morgan fingerprint density at radius 1 is 1.12 bits per heavy atom. The number of methoxy groups -OCH3 is 1. The topological polar surface area (TPSA) is 99.4 Å². The van der Waals surface area contributed by atoms with E-state index in [1.165, 1.54) is 43.4 Å². The first-order valence-electron chi connectivity index (χ1n) is 12.0. The Morgan fingerprint density at radius 2 is 1.94 bits per heavy atom. The van der Waals surface area contributed by atoms with Crippen LogP contribution in [0.2, 0.25) is 0 Å². The van der Waals surface area contributed by atoms with Crippen molar-refractivity contribution in [1.82, 2.24) is 29.4 Å². The quantitative estimate of drug-likeness (QED) is 0.486. The molecule has 2 atom stereocenters. The van der Waals surface area contributed by atoms with Gasteiger partial charge in [-0.25, -0.2) is 14.4 Å². The Hall–Kier alpha value is -3.43. The Balaban J connectivity index is 1.33. The molecule has 0 bridgehead atoms. The summed E-state index contributed by atoms with van der Waals surface area (Å²) in [7, 11) is 1.43. The van der Waals surface area contributed by atoms with Crippen LogP contribution in [0, 0.1) is 5.82 Å². The van der Waals surface area contributed by atoms with Crippen LogP contribution in [0.4, 0.5) is 16.0 Å². The van der Waals surface area contributed by atoms with Crippen LogP contribution in [0.15, 0.2) is 24.5 Å². The first-order chi connectivity index (χ1) is 16.5. The fraction of sp³-hybridized carbons (Fsp3) is 0.500. The van der Waals surface area contributed by atoms with Crippen molar-refractivity contribution in [2.75, 3.05) is 24.3 Å². The summed E-state index contributed by atoms with van der Waals surface area (Å²) in [6, 6.07) is 3.86. The second-order valence-corrected chi connectivity index (χ2v) is 9.57. The fourth-order valence-electron chi connectivity index (χ4n) is 5.50. The molecular formula is C24H29FN8O. The Morgan fingerprint density at radius 3 is 2.74 bits per heavy atom. The van der Waals surface area contributed by atoms with E-state index in [0.29, 0.717) is 34.5 Å². The summed E-state index contributed by atoms with van der Waals surface area (Å²) in [5, 5.41) is 9.93. The van der Waals surface area contributed by atoms with Crippen molar-refractivity contribution in [2.45, 2.75) is 63.5 Å². The van der Waals surface area contributed by atoms with Gasteiger partial charge < -0.3 is 15.4 Å². The molecule has 1 aliphatic carbocycles. The lowest BCUT2D eigenvalue weighted by atomic mass is 9.92. The third kappa shape index (κ3) is 3.43. The lowest BCUT2D eigenvalue weighted by molar-refractivity contribution is 0.387. The van der Waals surface area contributed by atoms with Gasteiger partial charge in [0.25, 0.3) is 0 Å². The highest BCUT2D eigenvalue weighted by molar-refractivity contribution is 5.93. The summed E-state index contributed by atoms with van der Waals surface area (Å²) in [4.78, 5) is 11.6. The summed E-state index contributed by atoms with van der Waals surface area (Å²) in [6.45, 7) is 3.05. The smallest absolute Gasteiger partial charge is 0.223 e. The lowest BCUT2D eigenvalue weighted by Gasteiger charge is -2.37.